The second-order valence-electron chi connectivity index (χ2n) is 7.28. The molecule has 5 nitrogen and oxygen atoms in total. The van der Waals surface area contributed by atoms with Crippen molar-refractivity contribution in [2.45, 2.75) is 6.18 Å². The number of rotatable bonds is 4. The minimum Gasteiger partial charge on any atom is -0.354 e. The van der Waals surface area contributed by atoms with E-state index in [0.717, 1.165) is 28.7 Å². The fourth-order valence-electron chi connectivity index (χ4n) is 3.55. The van der Waals surface area contributed by atoms with Gasteiger partial charge < -0.3 is 10.2 Å². The van der Waals surface area contributed by atoms with Crippen molar-refractivity contribution in [3.8, 4) is 0 Å². The lowest BCUT2D eigenvalue weighted by atomic mass is 10.1. The summed E-state index contributed by atoms with van der Waals surface area (Å²) >= 11 is 0. The molecule has 3 aromatic rings. The van der Waals surface area contributed by atoms with Crippen molar-refractivity contribution in [1.82, 2.24) is 9.88 Å². The highest BCUT2D eigenvalue weighted by atomic mass is 19.4. The van der Waals surface area contributed by atoms with E-state index >= 15 is 0 Å². The lowest BCUT2D eigenvalue weighted by Crippen LogP contribution is -2.48. The first-order chi connectivity index (χ1) is 14.4. The number of halogens is 3. The topological polar surface area (TPSA) is 48.5 Å². The van der Waals surface area contributed by atoms with Crippen LogP contribution in [0.2, 0.25) is 0 Å². The number of hydrogen-bond donors (Lipinski definition) is 1. The largest absolute Gasteiger partial charge is 0.417 e. The number of aromatic nitrogens is 1. The summed E-state index contributed by atoms with van der Waals surface area (Å²) < 4.78 is 38.0. The maximum absolute atomic E-state index is 12.7. The van der Waals surface area contributed by atoms with Crippen molar-refractivity contribution in [1.29, 1.82) is 0 Å². The molecule has 2 heterocycles. The summed E-state index contributed by atoms with van der Waals surface area (Å²) in [5.74, 6) is 0.426. The molecule has 0 radical (unpaired) electrons. The third kappa shape index (κ3) is 4.71. The number of nitrogens with zero attached hydrogens (tertiary/aromatic N) is 3. The van der Waals surface area contributed by atoms with Crippen LogP contribution in [0.25, 0.3) is 10.8 Å². The second kappa shape index (κ2) is 8.31. The molecule has 0 bridgehead atoms. The monoisotopic (exact) mass is 414 g/mol. The molecule has 4 rings (SSSR count). The number of piperazine rings is 1. The summed E-state index contributed by atoms with van der Waals surface area (Å²) in [7, 11) is 0. The first kappa shape index (κ1) is 20.2. The second-order valence-corrected chi connectivity index (χ2v) is 7.28. The number of fused-ring (bicyclic) bond motifs is 1. The van der Waals surface area contributed by atoms with Gasteiger partial charge in [0.15, 0.2) is 0 Å². The van der Waals surface area contributed by atoms with Gasteiger partial charge in [0.1, 0.15) is 5.82 Å². The maximum Gasteiger partial charge on any atom is 0.417 e. The van der Waals surface area contributed by atoms with Gasteiger partial charge in [-0.3, -0.25) is 9.69 Å². The molecular formula is C22H21F3N4O. The summed E-state index contributed by atoms with van der Waals surface area (Å²) in [5, 5.41) is 5.11. The van der Waals surface area contributed by atoms with E-state index in [4.69, 9.17) is 0 Å². The van der Waals surface area contributed by atoms with E-state index in [2.05, 4.69) is 10.3 Å². The van der Waals surface area contributed by atoms with E-state index in [1.807, 2.05) is 52.3 Å². The van der Waals surface area contributed by atoms with Gasteiger partial charge in [-0.05, 0) is 35.0 Å². The van der Waals surface area contributed by atoms with Crippen molar-refractivity contribution in [2.75, 3.05) is 42.9 Å². The van der Waals surface area contributed by atoms with Gasteiger partial charge in [0, 0.05) is 38.1 Å². The van der Waals surface area contributed by atoms with Gasteiger partial charge in [-0.15, -0.1) is 0 Å². The van der Waals surface area contributed by atoms with Crippen LogP contribution < -0.4 is 10.2 Å². The molecule has 1 fully saturated rings. The molecular weight excluding hydrogens is 393 g/mol. The van der Waals surface area contributed by atoms with E-state index in [-0.39, 0.29) is 12.5 Å². The average Bonchev–Trinajstić information content (AvgIpc) is 2.74. The first-order valence-corrected chi connectivity index (χ1v) is 9.68. The van der Waals surface area contributed by atoms with E-state index in [0.29, 0.717) is 32.0 Å². The van der Waals surface area contributed by atoms with Crippen molar-refractivity contribution < 1.29 is 18.0 Å². The minimum absolute atomic E-state index is 0.0913. The van der Waals surface area contributed by atoms with Gasteiger partial charge in [-0.25, -0.2) is 4.98 Å². The number of amides is 1. The van der Waals surface area contributed by atoms with Gasteiger partial charge in [0.25, 0.3) is 0 Å². The number of hydrogen-bond acceptors (Lipinski definition) is 4. The third-order valence-corrected chi connectivity index (χ3v) is 5.17. The molecule has 1 N–H and O–H groups in total. The number of carbonyl (C=O) groups is 1. The molecule has 30 heavy (non-hydrogen) atoms. The Labute approximate surface area is 172 Å². The molecule has 1 aliphatic heterocycles. The number of alkyl halides is 3. The normalized spacial score (nSPS) is 15.4. The molecule has 156 valence electrons. The average molecular weight is 414 g/mol. The van der Waals surface area contributed by atoms with Crippen LogP contribution in [0.3, 0.4) is 0 Å². The highest BCUT2D eigenvalue weighted by Gasteiger charge is 2.31. The molecule has 0 atom stereocenters. The fraction of sp³-hybridized carbons (Fsp3) is 0.273. The Balaban J connectivity index is 1.29. The molecule has 0 aliphatic carbocycles. The van der Waals surface area contributed by atoms with Gasteiger partial charge in [-0.1, -0.05) is 30.3 Å². The Morgan fingerprint density at radius 2 is 1.70 bits per heavy atom. The van der Waals surface area contributed by atoms with Crippen molar-refractivity contribution >= 4 is 28.2 Å². The predicted octanol–water partition coefficient (Wildman–Crippen LogP) is 4.01. The first-order valence-electron chi connectivity index (χ1n) is 9.68. The van der Waals surface area contributed by atoms with Crippen molar-refractivity contribution in [2.24, 2.45) is 0 Å². The molecule has 1 aromatic heterocycles. The molecule has 1 amide bonds. The van der Waals surface area contributed by atoms with Gasteiger partial charge in [0.05, 0.1) is 12.1 Å². The fourth-order valence-corrected chi connectivity index (χ4v) is 3.55. The Bertz CT molecular complexity index is 1030. The van der Waals surface area contributed by atoms with Crippen molar-refractivity contribution in [3.05, 3.63) is 66.4 Å². The molecule has 1 saturated heterocycles. The summed E-state index contributed by atoms with van der Waals surface area (Å²) in [6.45, 7) is 2.73. The number of nitrogens with one attached hydrogen (secondary N) is 1. The summed E-state index contributed by atoms with van der Waals surface area (Å²) in [5.41, 5.74) is 0.00142. The van der Waals surface area contributed by atoms with Gasteiger partial charge >= 0.3 is 6.18 Å². The van der Waals surface area contributed by atoms with Gasteiger partial charge in [-0.2, -0.15) is 13.2 Å². The van der Waals surface area contributed by atoms with Crippen LogP contribution >= 0.6 is 0 Å². The smallest absolute Gasteiger partial charge is 0.354 e. The van der Waals surface area contributed by atoms with Crippen LogP contribution in [-0.2, 0) is 11.0 Å². The Hall–Kier alpha value is -3.13. The van der Waals surface area contributed by atoms with E-state index < -0.39 is 11.7 Å². The standard InChI is InChI=1S/C22H21F3N4O/c23-22(24,25)18-6-8-20(26-14-18)29-11-9-28(10-12-29)15-21(30)27-19-7-5-16-3-1-2-4-17(16)13-19/h1-8,13-14H,9-12,15H2,(H,27,30). The van der Waals surface area contributed by atoms with Crippen LogP contribution in [0, 0.1) is 0 Å². The molecule has 0 unspecified atom stereocenters. The quantitative estimate of drug-likeness (QED) is 0.701. The van der Waals surface area contributed by atoms with Crippen LogP contribution in [0.1, 0.15) is 5.56 Å². The molecule has 0 spiro atoms. The molecule has 2 aromatic carbocycles. The lowest BCUT2D eigenvalue weighted by molar-refractivity contribution is -0.137. The van der Waals surface area contributed by atoms with Crippen molar-refractivity contribution in [3.63, 3.8) is 0 Å². The summed E-state index contributed by atoms with van der Waals surface area (Å²) in [6.07, 6.45) is -3.53. The highest BCUT2D eigenvalue weighted by molar-refractivity contribution is 5.95. The minimum atomic E-state index is -4.39. The maximum atomic E-state index is 12.7. The molecule has 8 heteroatoms. The summed E-state index contributed by atoms with van der Waals surface area (Å²) in [4.78, 5) is 20.3. The highest BCUT2D eigenvalue weighted by Crippen LogP contribution is 2.29. The van der Waals surface area contributed by atoms with Crippen LogP contribution in [-0.4, -0.2) is 48.5 Å². The Kier molecular flexibility index (Phi) is 5.59. The van der Waals surface area contributed by atoms with E-state index in [1.54, 1.807) is 0 Å². The number of benzene rings is 2. The zero-order chi connectivity index (χ0) is 21.1. The van der Waals surface area contributed by atoms with Crippen LogP contribution in [0.15, 0.2) is 60.8 Å². The zero-order valence-electron chi connectivity index (χ0n) is 16.2. The molecule has 0 saturated carbocycles. The predicted molar refractivity (Wildman–Crippen MR) is 110 cm³/mol. The lowest BCUT2D eigenvalue weighted by Gasteiger charge is -2.35. The third-order valence-electron chi connectivity index (χ3n) is 5.17. The Morgan fingerprint density at radius 1 is 0.967 bits per heavy atom. The zero-order valence-corrected chi connectivity index (χ0v) is 16.2. The van der Waals surface area contributed by atoms with E-state index in [1.165, 1.54) is 6.07 Å². The Morgan fingerprint density at radius 3 is 2.37 bits per heavy atom. The SMILES string of the molecule is O=C(CN1CCN(c2ccc(C(F)(F)F)cn2)CC1)Nc1ccc2ccccc2c1. The van der Waals surface area contributed by atoms with Crippen LogP contribution in [0.4, 0.5) is 24.7 Å². The number of anilines is 2. The number of pyridine rings is 1. The molecule has 1 aliphatic rings. The van der Waals surface area contributed by atoms with Gasteiger partial charge in [0.2, 0.25) is 5.91 Å². The van der Waals surface area contributed by atoms with Crippen LogP contribution in [0.5, 0.6) is 0 Å². The summed E-state index contributed by atoms with van der Waals surface area (Å²) in [6, 6.07) is 16.2. The number of carbonyl (C=O) groups excluding carboxylic acids is 1. The van der Waals surface area contributed by atoms with E-state index in [9.17, 15) is 18.0 Å².